The summed E-state index contributed by atoms with van der Waals surface area (Å²) in [5, 5.41) is 0.0358. The first-order valence-electron chi connectivity index (χ1n) is 4.49. The summed E-state index contributed by atoms with van der Waals surface area (Å²) in [7, 11) is -3.57. The van der Waals surface area contributed by atoms with Crippen LogP contribution in [0.1, 0.15) is 19.2 Å². The quantitative estimate of drug-likeness (QED) is 0.731. The van der Waals surface area contributed by atoms with Crippen LogP contribution < -0.4 is 4.72 Å². The normalized spacial score (nSPS) is 13.4. The molecule has 0 saturated heterocycles. The molecule has 5 nitrogen and oxygen atoms in total. The van der Waals surface area contributed by atoms with Crippen molar-refractivity contribution < 1.29 is 8.42 Å². The molecule has 15 heavy (non-hydrogen) atoms. The summed E-state index contributed by atoms with van der Waals surface area (Å²) in [6.45, 7) is 3.49. The maximum absolute atomic E-state index is 11.7. The number of H-pyrrole nitrogens is 1. The fraction of sp³-hybridized carbons (Fsp3) is 0.444. The number of hydrogen-bond donors (Lipinski definition) is 2. The molecule has 2 N–H and O–H groups in total. The molecule has 0 spiro atoms. The summed E-state index contributed by atoms with van der Waals surface area (Å²) in [6, 6.07) is -0.487. The highest BCUT2D eigenvalue weighted by molar-refractivity contribution is 7.89. The molecular weight excluding hydrogens is 214 g/mol. The Morgan fingerprint density at radius 3 is 2.80 bits per heavy atom. The lowest BCUT2D eigenvalue weighted by molar-refractivity contribution is 0.567. The van der Waals surface area contributed by atoms with E-state index in [1.165, 1.54) is 6.20 Å². The third-order valence-electron chi connectivity index (χ3n) is 1.88. The van der Waals surface area contributed by atoms with Gasteiger partial charge in [-0.15, -0.1) is 6.42 Å². The number of nitrogens with zero attached hydrogens (tertiary/aromatic N) is 1. The molecule has 0 radical (unpaired) electrons. The zero-order valence-electron chi connectivity index (χ0n) is 8.61. The average Bonchev–Trinajstić information content (AvgIpc) is 2.62. The van der Waals surface area contributed by atoms with Crippen molar-refractivity contribution in [3.05, 3.63) is 12.0 Å². The Hall–Kier alpha value is -1.32. The summed E-state index contributed by atoms with van der Waals surface area (Å²) < 4.78 is 25.8. The average molecular weight is 227 g/mol. The third-order valence-corrected chi connectivity index (χ3v) is 3.26. The Balaban J connectivity index is 2.90. The zero-order chi connectivity index (χ0) is 11.5. The van der Waals surface area contributed by atoms with Crippen molar-refractivity contribution in [3.8, 4) is 12.3 Å². The molecule has 0 fully saturated rings. The molecule has 0 amide bonds. The van der Waals surface area contributed by atoms with E-state index in [-0.39, 0.29) is 5.03 Å². The van der Waals surface area contributed by atoms with Crippen molar-refractivity contribution in [2.75, 3.05) is 0 Å². The highest BCUT2D eigenvalue weighted by Gasteiger charge is 2.19. The van der Waals surface area contributed by atoms with Gasteiger partial charge in [-0.3, -0.25) is 0 Å². The van der Waals surface area contributed by atoms with Gasteiger partial charge in [0.2, 0.25) is 0 Å². The van der Waals surface area contributed by atoms with Gasteiger partial charge in [-0.25, -0.2) is 13.4 Å². The Morgan fingerprint density at radius 1 is 1.73 bits per heavy atom. The smallest absolute Gasteiger partial charge is 0.258 e. The molecule has 1 heterocycles. The lowest BCUT2D eigenvalue weighted by Gasteiger charge is -2.09. The van der Waals surface area contributed by atoms with Crippen molar-refractivity contribution >= 4 is 10.0 Å². The third kappa shape index (κ3) is 2.81. The highest BCUT2D eigenvalue weighted by atomic mass is 32.2. The second-order valence-electron chi connectivity index (χ2n) is 3.08. The maximum atomic E-state index is 11.7. The Bertz CT molecular complexity index is 470. The largest absolute Gasteiger partial charge is 0.332 e. The Kier molecular flexibility index (Phi) is 3.50. The monoisotopic (exact) mass is 227 g/mol. The van der Waals surface area contributed by atoms with Gasteiger partial charge >= 0.3 is 0 Å². The minimum absolute atomic E-state index is 0.0358. The van der Waals surface area contributed by atoms with Gasteiger partial charge < -0.3 is 4.98 Å². The molecule has 1 aromatic heterocycles. The minimum Gasteiger partial charge on any atom is -0.332 e. The summed E-state index contributed by atoms with van der Waals surface area (Å²) in [5.74, 6) is 2.91. The Labute approximate surface area is 89.4 Å². The van der Waals surface area contributed by atoms with E-state index in [9.17, 15) is 8.42 Å². The molecule has 0 aliphatic carbocycles. The second kappa shape index (κ2) is 4.47. The van der Waals surface area contributed by atoms with Crippen LogP contribution in [0.2, 0.25) is 0 Å². The highest BCUT2D eigenvalue weighted by Crippen LogP contribution is 2.06. The van der Waals surface area contributed by atoms with Crippen molar-refractivity contribution in [2.24, 2.45) is 0 Å². The number of sulfonamides is 1. The van der Waals surface area contributed by atoms with Gasteiger partial charge in [0.05, 0.1) is 12.2 Å². The van der Waals surface area contributed by atoms with Crippen LogP contribution in [0.15, 0.2) is 11.2 Å². The summed E-state index contributed by atoms with van der Waals surface area (Å²) in [4.78, 5) is 6.46. The summed E-state index contributed by atoms with van der Waals surface area (Å²) in [6.07, 6.45) is 6.98. The van der Waals surface area contributed by atoms with E-state index >= 15 is 0 Å². The van der Waals surface area contributed by atoms with Gasteiger partial charge in [0.25, 0.3) is 10.0 Å². The first-order valence-corrected chi connectivity index (χ1v) is 5.98. The van der Waals surface area contributed by atoms with Gasteiger partial charge in [0.1, 0.15) is 5.82 Å². The number of terminal acetylenes is 1. The lowest BCUT2D eigenvalue weighted by Crippen LogP contribution is -2.33. The van der Waals surface area contributed by atoms with Crippen molar-refractivity contribution in [1.82, 2.24) is 14.7 Å². The van der Waals surface area contributed by atoms with E-state index in [2.05, 4.69) is 20.6 Å². The number of imidazole rings is 1. The summed E-state index contributed by atoms with van der Waals surface area (Å²) >= 11 is 0. The van der Waals surface area contributed by atoms with Gasteiger partial charge in [0.15, 0.2) is 5.03 Å². The maximum Gasteiger partial charge on any atom is 0.258 e. The minimum atomic E-state index is -3.57. The first-order chi connectivity index (χ1) is 6.99. The van der Waals surface area contributed by atoms with Crippen molar-refractivity contribution in [3.63, 3.8) is 0 Å². The van der Waals surface area contributed by atoms with E-state index in [0.29, 0.717) is 12.2 Å². The number of rotatable bonds is 4. The molecule has 6 heteroatoms. The molecule has 0 saturated carbocycles. The lowest BCUT2D eigenvalue weighted by atomic mass is 10.3. The summed E-state index contributed by atoms with van der Waals surface area (Å²) in [5.41, 5.74) is 0. The van der Waals surface area contributed by atoms with Crippen LogP contribution in [0.4, 0.5) is 0 Å². The number of nitrogens with one attached hydrogen (secondary N) is 2. The molecule has 82 valence electrons. The van der Waals surface area contributed by atoms with Crippen LogP contribution in [0.3, 0.4) is 0 Å². The molecule has 1 aromatic rings. The first kappa shape index (κ1) is 11.8. The molecule has 0 bridgehead atoms. The van der Waals surface area contributed by atoms with Crippen molar-refractivity contribution in [2.45, 2.75) is 31.3 Å². The van der Waals surface area contributed by atoms with Crippen LogP contribution in [-0.4, -0.2) is 24.4 Å². The molecule has 1 atom stereocenters. The van der Waals surface area contributed by atoms with E-state index in [1.807, 2.05) is 6.92 Å². The zero-order valence-corrected chi connectivity index (χ0v) is 9.43. The van der Waals surface area contributed by atoms with Crippen LogP contribution in [0, 0.1) is 19.3 Å². The molecule has 1 unspecified atom stereocenters. The van der Waals surface area contributed by atoms with Crippen molar-refractivity contribution in [1.29, 1.82) is 0 Å². The van der Waals surface area contributed by atoms with Crippen LogP contribution in [0.25, 0.3) is 0 Å². The van der Waals surface area contributed by atoms with Gasteiger partial charge in [0, 0.05) is 0 Å². The molecule has 0 aliphatic rings. The fourth-order valence-corrected chi connectivity index (χ4v) is 2.23. The number of aromatic amines is 1. The number of aryl methyl sites for hydroxylation is 1. The van der Waals surface area contributed by atoms with Crippen LogP contribution in [-0.2, 0) is 10.0 Å². The van der Waals surface area contributed by atoms with Gasteiger partial charge in [-0.05, 0) is 13.3 Å². The van der Waals surface area contributed by atoms with Gasteiger partial charge in [-0.1, -0.05) is 12.8 Å². The predicted octanol–water partition coefficient (Wildman–Crippen LogP) is 0.408. The number of aromatic nitrogens is 2. The van der Waals surface area contributed by atoms with Crippen LogP contribution >= 0.6 is 0 Å². The van der Waals surface area contributed by atoms with E-state index in [4.69, 9.17) is 6.42 Å². The second-order valence-corrected chi connectivity index (χ2v) is 4.76. The fourth-order valence-electron chi connectivity index (χ4n) is 1.02. The van der Waals surface area contributed by atoms with E-state index < -0.39 is 16.1 Å². The number of hydrogen-bond acceptors (Lipinski definition) is 3. The molecule has 1 rings (SSSR count). The SMILES string of the molecule is C#CC(CC)NS(=O)(=O)c1cnc(C)[nH]1. The Morgan fingerprint density at radius 2 is 2.40 bits per heavy atom. The predicted molar refractivity (Wildman–Crippen MR) is 56.6 cm³/mol. The van der Waals surface area contributed by atoms with E-state index in [1.54, 1.807) is 6.92 Å². The van der Waals surface area contributed by atoms with Gasteiger partial charge in [-0.2, -0.15) is 4.72 Å². The van der Waals surface area contributed by atoms with E-state index in [0.717, 1.165) is 0 Å². The van der Waals surface area contributed by atoms with Crippen LogP contribution in [0.5, 0.6) is 0 Å². The molecule has 0 aliphatic heterocycles. The molecular formula is C9H13N3O2S. The standard InChI is InChI=1S/C9H13N3O2S/c1-4-8(5-2)12-15(13,14)9-6-10-7(3)11-9/h1,6,8,12H,5H2,2-3H3,(H,10,11). The topological polar surface area (TPSA) is 74.8 Å². The molecule has 0 aromatic carbocycles.